The van der Waals surface area contributed by atoms with Gasteiger partial charge in [-0.05, 0) is 29.8 Å². The lowest BCUT2D eigenvalue weighted by Crippen LogP contribution is -2.29. The van der Waals surface area contributed by atoms with Gasteiger partial charge in [0.05, 0.1) is 18.7 Å². The second-order valence-corrected chi connectivity index (χ2v) is 5.90. The summed E-state index contributed by atoms with van der Waals surface area (Å²) in [6, 6.07) is 6.50. The minimum Gasteiger partial charge on any atom is -0.458 e. The molecule has 1 aromatic carbocycles. The first kappa shape index (κ1) is 21.4. The number of ether oxygens (including phenoxy) is 1. The lowest BCUT2D eigenvalue weighted by atomic mass is 10.1. The van der Waals surface area contributed by atoms with Crippen LogP contribution in [0.25, 0.3) is 0 Å². The topological polar surface area (TPSA) is 75.6 Å². The number of likely N-dealkylation sites (tertiary alicyclic amines) is 1. The molecule has 1 aliphatic rings. The molecule has 0 saturated carbocycles. The number of alkyl halides is 3. The van der Waals surface area contributed by atoms with Crippen molar-refractivity contribution < 1.29 is 27.8 Å². The number of benzene rings is 1. The number of hydrogen-bond donors (Lipinski definition) is 1. The fourth-order valence-corrected chi connectivity index (χ4v) is 2.45. The van der Waals surface area contributed by atoms with E-state index in [0.29, 0.717) is 24.7 Å². The van der Waals surface area contributed by atoms with E-state index in [1.165, 1.54) is 18.2 Å². The van der Waals surface area contributed by atoms with Crippen LogP contribution in [0.1, 0.15) is 17.5 Å². The molecule has 6 nitrogen and oxygen atoms in total. The Kier molecular flexibility index (Phi) is 7.51. The Bertz CT molecular complexity index is 767. The van der Waals surface area contributed by atoms with Crippen molar-refractivity contribution in [3.05, 3.63) is 66.5 Å². The molecule has 3 rings (SSSR count). The van der Waals surface area contributed by atoms with Crippen LogP contribution in [0, 0.1) is 0 Å². The minimum atomic E-state index is -4.30. The molecule has 9 heteroatoms. The standard InChI is InChI=1S/C11H13N3O2.C8H7F3O/c1-2-10(15)14-7-4-9(8-14)16-11-12-5-3-6-13-11;9-8(10,11)7-3-1-6(5-12)2-4-7/h2-3,5-6,9H,1,4,7-8H2;1-4,12H,5H2. The first-order valence-corrected chi connectivity index (χ1v) is 8.45. The quantitative estimate of drug-likeness (QED) is 0.806. The number of aliphatic hydroxyl groups excluding tert-OH is 1. The molecule has 1 aromatic heterocycles. The number of carbonyl (C=O) groups excluding carboxylic acids is 1. The summed E-state index contributed by atoms with van der Waals surface area (Å²) in [5.41, 5.74) is -0.220. The highest BCUT2D eigenvalue weighted by molar-refractivity contribution is 5.87. The van der Waals surface area contributed by atoms with Gasteiger partial charge in [-0.25, -0.2) is 9.97 Å². The number of carbonyl (C=O) groups is 1. The van der Waals surface area contributed by atoms with Crippen molar-refractivity contribution in [3.63, 3.8) is 0 Å². The van der Waals surface area contributed by atoms with Crippen LogP contribution in [0.2, 0.25) is 0 Å². The van der Waals surface area contributed by atoms with E-state index in [1.807, 2.05) is 0 Å². The lowest BCUT2D eigenvalue weighted by Gasteiger charge is -2.14. The molecule has 1 N–H and O–H groups in total. The van der Waals surface area contributed by atoms with Gasteiger partial charge >= 0.3 is 12.2 Å². The summed E-state index contributed by atoms with van der Waals surface area (Å²) in [5, 5.41) is 8.55. The number of nitrogens with zero attached hydrogens (tertiary/aromatic N) is 3. The van der Waals surface area contributed by atoms with Crippen molar-refractivity contribution in [3.8, 4) is 6.01 Å². The summed E-state index contributed by atoms with van der Waals surface area (Å²) < 4.78 is 41.4. The molecule has 2 heterocycles. The van der Waals surface area contributed by atoms with Gasteiger partial charge in [-0.3, -0.25) is 4.79 Å². The predicted molar refractivity (Wildman–Crippen MR) is 95.2 cm³/mol. The first-order valence-electron chi connectivity index (χ1n) is 8.45. The summed E-state index contributed by atoms with van der Waals surface area (Å²) in [6.07, 6.45) is 1.06. The molecular formula is C19H20F3N3O3. The van der Waals surface area contributed by atoms with E-state index in [2.05, 4.69) is 16.5 Å². The van der Waals surface area contributed by atoms with Crippen LogP contribution in [-0.4, -0.2) is 45.1 Å². The minimum absolute atomic E-state index is 0.0219. The summed E-state index contributed by atoms with van der Waals surface area (Å²) >= 11 is 0. The smallest absolute Gasteiger partial charge is 0.416 e. The summed E-state index contributed by atoms with van der Waals surface area (Å²) in [7, 11) is 0. The Hall–Kier alpha value is -2.94. The molecule has 1 fully saturated rings. The SMILES string of the molecule is C=CC(=O)N1CCC(Oc2ncccn2)C1.OCc1ccc(C(F)(F)F)cc1. The number of amides is 1. The molecule has 0 spiro atoms. The number of aromatic nitrogens is 2. The van der Waals surface area contributed by atoms with E-state index in [4.69, 9.17) is 9.84 Å². The molecule has 1 saturated heterocycles. The molecule has 1 aliphatic heterocycles. The molecule has 28 heavy (non-hydrogen) atoms. The monoisotopic (exact) mass is 395 g/mol. The average molecular weight is 395 g/mol. The van der Waals surface area contributed by atoms with Crippen LogP contribution < -0.4 is 4.74 Å². The van der Waals surface area contributed by atoms with Gasteiger partial charge in [0.15, 0.2) is 0 Å². The third kappa shape index (κ3) is 6.34. The Morgan fingerprint density at radius 2 is 1.93 bits per heavy atom. The summed E-state index contributed by atoms with van der Waals surface area (Å²) in [5.74, 6) is -0.0555. The predicted octanol–water partition coefficient (Wildman–Crippen LogP) is 2.84. The zero-order valence-corrected chi connectivity index (χ0v) is 15.0. The molecular weight excluding hydrogens is 375 g/mol. The van der Waals surface area contributed by atoms with Gasteiger partial charge in [-0.15, -0.1) is 0 Å². The fraction of sp³-hybridized carbons (Fsp3) is 0.316. The zero-order valence-electron chi connectivity index (χ0n) is 15.0. The first-order chi connectivity index (χ1) is 13.3. The second-order valence-electron chi connectivity index (χ2n) is 5.90. The van der Waals surface area contributed by atoms with Crippen molar-refractivity contribution in [1.29, 1.82) is 0 Å². The highest BCUT2D eigenvalue weighted by Crippen LogP contribution is 2.28. The van der Waals surface area contributed by atoms with Crippen molar-refractivity contribution in [1.82, 2.24) is 14.9 Å². The molecule has 150 valence electrons. The second kappa shape index (κ2) is 9.84. The Morgan fingerprint density at radius 3 is 2.46 bits per heavy atom. The van der Waals surface area contributed by atoms with Crippen molar-refractivity contribution >= 4 is 5.91 Å². The Morgan fingerprint density at radius 1 is 1.29 bits per heavy atom. The normalized spacial score (nSPS) is 16.1. The van der Waals surface area contributed by atoms with E-state index in [0.717, 1.165) is 18.6 Å². The van der Waals surface area contributed by atoms with E-state index in [-0.39, 0.29) is 18.6 Å². The van der Waals surface area contributed by atoms with E-state index in [1.54, 1.807) is 23.4 Å². The van der Waals surface area contributed by atoms with Crippen molar-refractivity contribution in [2.24, 2.45) is 0 Å². The highest BCUT2D eigenvalue weighted by atomic mass is 19.4. The molecule has 0 bridgehead atoms. The van der Waals surface area contributed by atoms with Crippen LogP contribution in [0.5, 0.6) is 6.01 Å². The van der Waals surface area contributed by atoms with Gasteiger partial charge in [0.2, 0.25) is 5.91 Å². The number of rotatable bonds is 4. The van der Waals surface area contributed by atoms with Crippen molar-refractivity contribution in [2.75, 3.05) is 13.1 Å². The average Bonchev–Trinajstić information content (AvgIpc) is 3.16. The number of halogens is 3. The van der Waals surface area contributed by atoms with E-state index in [9.17, 15) is 18.0 Å². The number of aliphatic hydroxyl groups is 1. The number of hydrogen-bond acceptors (Lipinski definition) is 5. The maximum Gasteiger partial charge on any atom is 0.416 e. The van der Waals surface area contributed by atoms with Crippen LogP contribution in [0.4, 0.5) is 13.2 Å². The maximum atomic E-state index is 12.0. The van der Waals surface area contributed by atoms with Gasteiger partial charge in [0.1, 0.15) is 6.10 Å². The third-order valence-electron chi connectivity index (χ3n) is 3.91. The molecule has 1 atom stereocenters. The van der Waals surface area contributed by atoms with Crippen LogP contribution in [0.15, 0.2) is 55.4 Å². The molecule has 2 aromatic rings. The largest absolute Gasteiger partial charge is 0.458 e. The third-order valence-corrected chi connectivity index (χ3v) is 3.91. The van der Waals surface area contributed by atoms with Crippen LogP contribution in [-0.2, 0) is 17.6 Å². The van der Waals surface area contributed by atoms with E-state index >= 15 is 0 Å². The van der Waals surface area contributed by atoms with Gasteiger partial charge in [0.25, 0.3) is 0 Å². The summed E-state index contributed by atoms with van der Waals surface area (Å²) in [6.45, 7) is 4.49. The van der Waals surface area contributed by atoms with Gasteiger partial charge in [-0.1, -0.05) is 18.7 Å². The summed E-state index contributed by atoms with van der Waals surface area (Å²) in [4.78, 5) is 21.0. The van der Waals surface area contributed by atoms with Gasteiger partial charge in [-0.2, -0.15) is 13.2 Å². The van der Waals surface area contributed by atoms with Crippen LogP contribution in [0.3, 0.4) is 0 Å². The maximum absolute atomic E-state index is 12.0. The van der Waals surface area contributed by atoms with Crippen molar-refractivity contribution in [2.45, 2.75) is 25.3 Å². The molecule has 1 amide bonds. The molecule has 1 unspecified atom stereocenters. The highest BCUT2D eigenvalue weighted by Gasteiger charge is 2.29. The lowest BCUT2D eigenvalue weighted by molar-refractivity contribution is -0.137. The molecule has 0 radical (unpaired) electrons. The van der Waals surface area contributed by atoms with E-state index < -0.39 is 11.7 Å². The Balaban J connectivity index is 0.000000209. The van der Waals surface area contributed by atoms with Gasteiger partial charge < -0.3 is 14.7 Å². The molecule has 0 aliphatic carbocycles. The Labute approximate surface area is 160 Å². The van der Waals surface area contributed by atoms with Gasteiger partial charge in [0, 0.05) is 25.4 Å². The van der Waals surface area contributed by atoms with Crippen LogP contribution >= 0.6 is 0 Å². The zero-order chi connectivity index (χ0) is 20.6. The fourth-order valence-electron chi connectivity index (χ4n) is 2.45.